The third-order valence-electron chi connectivity index (χ3n) is 9.16. The molecule has 2 amide bonds. The number of likely N-dealkylation sites (tertiary alicyclic amines) is 1. The number of aryl methyl sites for hydroxylation is 2. The summed E-state index contributed by atoms with van der Waals surface area (Å²) in [4.78, 5) is 39.5. The Morgan fingerprint density at radius 3 is 2.53 bits per heavy atom. The number of benzene rings is 2. The highest BCUT2D eigenvalue weighted by Gasteiger charge is 2.45. The Labute approximate surface area is 272 Å². The average Bonchev–Trinajstić information content (AvgIpc) is 3.84. The number of carbonyl (C=O) groups is 2. The van der Waals surface area contributed by atoms with E-state index in [1.54, 1.807) is 24.3 Å². The van der Waals surface area contributed by atoms with Crippen molar-refractivity contribution in [3.8, 4) is 22.6 Å². The first kappa shape index (κ1) is 30.5. The Kier molecular flexibility index (Phi) is 8.12. The molecule has 12 nitrogen and oxygen atoms in total. The van der Waals surface area contributed by atoms with Gasteiger partial charge in [0, 0.05) is 74.4 Å². The van der Waals surface area contributed by atoms with Gasteiger partial charge >= 0.3 is 0 Å². The zero-order valence-electron chi connectivity index (χ0n) is 26.7. The van der Waals surface area contributed by atoms with Crippen LogP contribution in [0.25, 0.3) is 39.1 Å². The Bertz CT molecular complexity index is 1960. The van der Waals surface area contributed by atoms with Crippen LogP contribution < -0.4 is 5.32 Å². The van der Waals surface area contributed by atoms with Gasteiger partial charge in [-0.2, -0.15) is 10.2 Å². The summed E-state index contributed by atoms with van der Waals surface area (Å²) < 4.78 is 7.53. The first-order chi connectivity index (χ1) is 22.8. The molecule has 0 saturated carbocycles. The summed E-state index contributed by atoms with van der Waals surface area (Å²) in [5.74, 6) is 0.519. The standard InChI is InChI=1S/C35H37N9O3/c1-23-4-5-27(19-36-23)32-29-18-28(10-11-30(29)39-40-32)38-34(46)35(47-3)14-17-43(21-35)20-31(45)44-15-12-25(13-16-44)24-6-8-26(9-7-24)33-37-22-42(2)41-33/h4-12,18-19,22H,13-17,20-21H2,1-3H3,(H,38,46)(H,39,40)/t35-/m0/s1. The van der Waals surface area contributed by atoms with Crippen molar-refractivity contribution in [2.45, 2.75) is 25.4 Å². The van der Waals surface area contributed by atoms with E-state index in [1.807, 2.05) is 66.2 Å². The maximum atomic E-state index is 13.6. The summed E-state index contributed by atoms with van der Waals surface area (Å²) >= 11 is 0. The van der Waals surface area contributed by atoms with Crippen molar-refractivity contribution in [1.82, 2.24) is 39.7 Å². The van der Waals surface area contributed by atoms with E-state index in [4.69, 9.17) is 4.74 Å². The minimum absolute atomic E-state index is 0.0488. The van der Waals surface area contributed by atoms with E-state index in [2.05, 4.69) is 48.8 Å². The van der Waals surface area contributed by atoms with Crippen LogP contribution in [0.4, 0.5) is 5.69 Å². The highest BCUT2D eigenvalue weighted by molar-refractivity contribution is 6.01. The molecule has 2 aromatic carbocycles. The summed E-state index contributed by atoms with van der Waals surface area (Å²) in [7, 11) is 3.41. The summed E-state index contributed by atoms with van der Waals surface area (Å²) in [6.07, 6.45) is 6.88. The molecule has 5 aromatic rings. The van der Waals surface area contributed by atoms with E-state index in [9.17, 15) is 9.59 Å². The molecule has 2 aliphatic rings. The number of aromatic nitrogens is 6. The van der Waals surface area contributed by atoms with Crippen LogP contribution in [0.2, 0.25) is 0 Å². The second kappa shape index (κ2) is 12.5. The van der Waals surface area contributed by atoms with Crippen LogP contribution in [-0.4, -0.2) is 97.0 Å². The van der Waals surface area contributed by atoms with Gasteiger partial charge in [0.2, 0.25) is 5.91 Å². The molecule has 0 spiro atoms. The molecule has 5 heterocycles. The lowest BCUT2D eigenvalue weighted by molar-refractivity contribution is -0.138. The molecule has 7 rings (SSSR count). The number of aromatic amines is 1. The van der Waals surface area contributed by atoms with E-state index in [1.165, 1.54) is 5.57 Å². The first-order valence-corrected chi connectivity index (χ1v) is 15.7. The van der Waals surface area contributed by atoms with Crippen LogP contribution in [0.3, 0.4) is 0 Å². The number of pyridine rings is 1. The smallest absolute Gasteiger partial charge is 0.258 e. The number of rotatable bonds is 8. The van der Waals surface area contributed by atoms with Crippen molar-refractivity contribution < 1.29 is 14.3 Å². The van der Waals surface area contributed by atoms with Gasteiger partial charge in [-0.05, 0) is 61.2 Å². The molecule has 1 fully saturated rings. The van der Waals surface area contributed by atoms with Gasteiger partial charge in [-0.3, -0.25) is 29.3 Å². The number of carbonyl (C=O) groups excluding carboxylic acids is 2. The predicted octanol–water partition coefficient (Wildman–Crippen LogP) is 4.07. The monoisotopic (exact) mass is 631 g/mol. The van der Waals surface area contributed by atoms with E-state index in [0.29, 0.717) is 44.1 Å². The molecular formula is C35H37N9O3. The van der Waals surface area contributed by atoms with Crippen LogP contribution in [-0.2, 0) is 21.4 Å². The highest BCUT2D eigenvalue weighted by atomic mass is 16.5. The van der Waals surface area contributed by atoms with Gasteiger partial charge < -0.3 is 15.0 Å². The number of ether oxygens (including phenoxy) is 1. The van der Waals surface area contributed by atoms with Gasteiger partial charge in [0.1, 0.15) is 12.0 Å². The molecule has 0 aliphatic carbocycles. The predicted molar refractivity (Wildman–Crippen MR) is 179 cm³/mol. The number of anilines is 1. The maximum absolute atomic E-state index is 13.6. The van der Waals surface area contributed by atoms with Crippen molar-refractivity contribution in [1.29, 1.82) is 0 Å². The number of hydrogen-bond donors (Lipinski definition) is 2. The third-order valence-corrected chi connectivity index (χ3v) is 9.16. The topological polar surface area (TPSA) is 134 Å². The van der Waals surface area contributed by atoms with Crippen LogP contribution in [0.5, 0.6) is 0 Å². The average molecular weight is 632 g/mol. The normalized spacial score (nSPS) is 18.4. The number of nitrogens with one attached hydrogen (secondary N) is 2. The van der Waals surface area contributed by atoms with E-state index in [0.717, 1.165) is 45.4 Å². The molecule has 1 atom stereocenters. The number of H-pyrrole nitrogens is 1. The summed E-state index contributed by atoms with van der Waals surface area (Å²) in [5.41, 5.74) is 6.38. The molecule has 0 radical (unpaired) electrons. The highest BCUT2D eigenvalue weighted by Crippen LogP contribution is 2.31. The van der Waals surface area contributed by atoms with Crippen LogP contribution in [0.15, 0.2) is 73.2 Å². The van der Waals surface area contributed by atoms with Crippen LogP contribution >= 0.6 is 0 Å². The number of hydrogen-bond acceptors (Lipinski definition) is 8. The Morgan fingerprint density at radius 2 is 1.83 bits per heavy atom. The molecule has 0 bridgehead atoms. The molecule has 0 unspecified atom stereocenters. The third kappa shape index (κ3) is 6.17. The van der Waals surface area contributed by atoms with Crippen molar-refractivity contribution in [2.24, 2.45) is 7.05 Å². The zero-order chi connectivity index (χ0) is 32.5. The van der Waals surface area contributed by atoms with Crippen molar-refractivity contribution in [2.75, 3.05) is 45.2 Å². The fraction of sp³-hybridized carbons (Fsp3) is 0.314. The minimum Gasteiger partial charge on any atom is -0.367 e. The Balaban J connectivity index is 0.960. The molecule has 2 N–H and O–H groups in total. The fourth-order valence-electron chi connectivity index (χ4n) is 6.36. The minimum atomic E-state index is -1.05. The first-order valence-electron chi connectivity index (χ1n) is 15.7. The molecule has 1 saturated heterocycles. The Morgan fingerprint density at radius 1 is 1.02 bits per heavy atom. The quantitative estimate of drug-likeness (QED) is 0.262. The number of fused-ring (bicyclic) bond motifs is 1. The molecule has 3 aromatic heterocycles. The van der Waals surface area contributed by atoms with Crippen molar-refractivity contribution in [3.05, 3.63) is 84.5 Å². The lowest BCUT2D eigenvalue weighted by Crippen LogP contribution is -2.48. The maximum Gasteiger partial charge on any atom is 0.258 e. The molecule has 240 valence electrons. The van der Waals surface area contributed by atoms with Gasteiger partial charge in [-0.1, -0.05) is 30.3 Å². The second-order valence-corrected chi connectivity index (χ2v) is 12.3. The van der Waals surface area contributed by atoms with Gasteiger partial charge in [-0.15, -0.1) is 0 Å². The summed E-state index contributed by atoms with van der Waals surface area (Å²) in [6, 6.07) is 17.8. The Hall–Kier alpha value is -5.20. The number of amides is 2. The SMILES string of the molecule is CO[C@@]1(C(=O)Nc2ccc3[nH]nc(-c4ccc(C)nc4)c3c2)CCN(CC(=O)N2CC=C(c3ccc(-c4ncn(C)n4)cc3)CC2)C1. The van der Waals surface area contributed by atoms with Crippen molar-refractivity contribution >= 4 is 34.0 Å². The number of nitrogens with zero attached hydrogens (tertiary/aromatic N) is 7. The van der Waals surface area contributed by atoms with E-state index in [-0.39, 0.29) is 18.4 Å². The van der Waals surface area contributed by atoms with Crippen LogP contribution in [0, 0.1) is 6.92 Å². The molecule has 47 heavy (non-hydrogen) atoms. The van der Waals surface area contributed by atoms with Crippen molar-refractivity contribution in [3.63, 3.8) is 0 Å². The fourth-order valence-corrected chi connectivity index (χ4v) is 6.36. The lowest BCUT2D eigenvalue weighted by atomic mass is 9.98. The molecule has 2 aliphatic heterocycles. The largest absolute Gasteiger partial charge is 0.367 e. The van der Waals surface area contributed by atoms with E-state index < -0.39 is 5.60 Å². The summed E-state index contributed by atoms with van der Waals surface area (Å²) in [6.45, 7) is 4.30. The zero-order valence-corrected chi connectivity index (χ0v) is 26.7. The van der Waals surface area contributed by atoms with Gasteiger partial charge in [-0.25, -0.2) is 4.98 Å². The molecule has 12 heteroatoms. The van der Waals surface area contributed by atoms with Gasteiger partial charge in [0.25, 0.3) is 5.91 Å². The molecular weight excluding hydrogens is 594 g/mol. The van der Waals surface area contributed by atoms with E-state index >= 15 is 0 Å². The lowest BCUT2D eigenvalue weighted by Gasteiger charge is -2.30. The van der Waals surface area contributed by atoms with Crippen LogP contribution in [0.1, 0.15) is 24.1 Å². The number of methoxy groups -OCH3 is 1. The summed E-state index contributed by atoms with van der Waals surface area (Å²) in [5, 5.41) is 15.8. The second-order valence-electron chi connectivity index (χ2n) is 12.3. The van der Waals surface area contributed by atoms with Gasteiger partial charge in [0.05, 0.1) is 12.1 Å². The van der Waals surface area contributed by atoms with Gasteiger partial charge in [0.15, 0.2) is 11.4 Å².